The van der Waals surface area contributed by atoms with Gasteiger partial charge in [0.1, 0.15) is 30.9 Å². The molecule has 2 heterocycles. The summed E-state index contributed by atoms with van der Waals surface area (Å²) in [5.74, 6) is -1.25. The molecule has 1 saturated heterocycles. The number of ether oxygens (including phenoxy) is 3. The zero-order chi connectivity index (χ0) is 19.4. The Morgan fingerprint density at radius 3 is 2.54 bits per heavy atom. The number of carbonyl (C=O) groups excluding carboxylic acids is 2. The standard InChI is InChI=1S/C17H25N3O6/c1-9(2)15(21)24-8-12-11(26-16(22)10(3)4)7-14(25-12)20-6-5-13(18)19-17(20)23/h5-6,9-12,14H,7-8H2,1-4H3,(H2,18,19,23)/t11?,12-,14-/m1/s1. The number of esters is 2. The normalized spacial score (nSPS) is 22.6. The van der Waals surface area contributed by atoms with Crippen LogP contribution in [0.4, 0.5) is 5.82 Å². The second-order valence-corrected chi connectivity index (χ2v) is 6.82. The van der Waals surface area contributed by atoms with Crippen molar-refractivity contribution in [1.29, 1.82) is 0 Å². The first kappa shape index (κ1) is 19.9. The number of nitrogens with zero attached hydrogens (tertiary/aromatic N) is 2. The van der Waals surface area contributed by atoms with Crippen LogP contribution in [0.2, 0.25) is 0 Å². The number of anilines is 1. The predicted octanol–water partition coefficient (Wildman–Crippen LogP) is 0.880. The molecule has 2 rings (SSSR count). The van der Waals surface area contributed by atoms with Crippen molar-refractivity contribution < 1.29 is 23.8 Å². The number of hydrogen-bond donors (Lipinski definition) is 1. The van der Waals surface area contributed by atoms with Crippen LogP contribution in [0, 0.1) is 11.8 Å². The van der Waals surface area contributed by atoms with Gasteiger partial charge in [-0.2, -0.15) is 4.98 Å². The van der Waals surface area contributed by atoms with Crippen LogP contribution in [0.15, 0.2) is 17.1 Å². The van der Waals surface area contributed by atoms with Crippen molar-refractivity contribution in [3.63, 3.8) is 0 Å². The molecular weight excluding hydrogens is 342 g/mol. The second-order valence-electron chi connectivity index (χ2n) is 6.82. The average Bonchev–Trinajstić information content (AvgIpc) is 2.94. The van der Waals surface area contributed by atoms with Gasteiger partial charge in [0.25, 0.3) is 0 Å². The summed E-state index contributed by atoms with van der Waals surface area (Å²) in [7, 11) is 0. The lowest BCUT2D eigenvalue weighted by atomic mass is 10.1. The van der Waals surface area contributed by atoms with Gasteiger partial charge in [-0.1, -0.05) is 27.7 Å². The number of hydrogen-bond acceptors (Lipinski definition) is 8. The van der Waals surface area contributed by atoms with E-state index in [1.807, 2.05) is 0 Å². The lowest BCUT2D eigenvalue weighted by molar-refractivity contribution is -0.162. The highest BCUT2D eigenvalue weighted by atomic mass is 16.6. The maximum atomic E-state index is 12.0. The minimum atomic E-state index is -0.691. The van der Waals surface area contributed by atoms with Gasteiger partial charge >= 0.3 is 17.6 Å². The van der Waals surface area contributed by atoms with E-state index in [4.69, 9.17) is 19.9 Å². The fourth-order valence-electron chi connectivity index (χ4n) is 2.41. The van der Waals surface area contributed by atoms with Gasteiger partial charge in [-0.3, -0.25) is 14.2 Å². The van der Waals surface area contributed by atoms with Crippen LogP contribution in [0.25, 0.3) is 0 Å². The van der Waals surface area contributed by atoms with Crippen molar-refractivity contribution in [2.75, 3.05) is 12.3 Å². The Kier molecular flexibility index (Phi) is 6.36. The quantitative estimate of drug-likeness (QED) is 0.735. The molecule has 0 aromatic carbocycles. The first-order chi connectivity index (χ1) is 12.2. The number of nitrogen functional groups attached to an aromatic ring is 1. The molecule has 2 N–H and O–H groups in total. The molecule has 1 fully saturated rings. The zero-order valence-corrected chi connectivity index (χ0v) is 15.4. The monoisotopic (exact) mass is 367 g/mol. The van der Waals surface area contributed by atoms with E-state index in [0.29, 0.717) is 0 Å². The van der Waals surface area contributed by atoms with E-state index in [0.717, 1.165) is 0 Å². The predicted molar refractivity (Wildman–Crippen MR) is 92.0 cm³/mol. The summed E-state index contributed by atoms with van der Waals surface area (Å²) < 4.78 is 17.8. The maximum absolute atomic E-state index is 12.0. The van der Waals surface area contributed by atoms with E-state index in [1.165, 1.54) is 16.8 Å². The third-order valence-electron chi connectivity index (χ3n) is 3.94. The summed E-state index contributed by atoms with van der Waals surface area (Å²) in [6, 6.07) is 1.48. The molecular formula is C17H25N3O6. The third kappa shape index (κ3) is 4.81. The zero-order valence-electron chi connectivity index (χ0n) is 15.4. The molecule has 0 aliphatic carbocycles. The summed E-state index contributed by atoms with van der Waals surface area (Å²) in [5, 5.41) is 0. The Hall–Kier alpha value is -2.42. The summed E-state index contributed by atoms with van der Waals surface area (Å²) >= 11 is 0. The van der Waals surface area contributed by atoms with Crippen LogP contribution in [0.1, 0.15) is 40.3 Å². The van der Waals surface area contributed by atoms with Gasteiger partial charge in [0.2, 0.25) is 0 Å². The minimum Gasteiger partial charge on any atom is -0.463 e. The summed E-state index contributed by atoms with van der Waals surface area (Å²) in [6.07, 6.45) is -0.287. The largest absolute Gasteiger partial charge is 0.463 e. The van der Waals surface area contributed by atoms with Crippen molar-refractivity contribution in [3.8, 4) is 0 Å². The van der Waals surface area contributed by atoms with Gasteiger partial charge < -0.3 is 19.9 Å². The molecule has 1 aliphatic heterocycles. The van der Waals surface area contributed by atoms with Gasteiger partial charge in [-0.25, -0.2) is 4.79 Å². The van der Waals surface area contributed by atoms with E-state index in [-0.39, 0.29) is 42.6 Å². The smallest absolute Gasteiger partial charge is 0.351 e. The van der Waals surface area contributed by atoms with Crippen molar-refractivity contribution >= 4 is 17.8 Å². The van der Waals surface area contributed by atoms with Gasteiger partial charge in [0, 0.05) is 12.6 Å². The Morgan fingerprint density at radius 1 is 1.31 bits per heavy atom. The SMILES string of the molecule is CC(C)C(=O)OC[C@H]1O[C@@H](n2ccc(N)nc2=O)CC1OC(=O)C(C)C. The maximum Gasteiger partial charge on any atom is 0.351 e. The van der Waals surface area contributed by atoms with Crippen molar-refractivity contribution in [3.05, 3.63) is 22.7 Å². The number of nitrogens with two attached hydrogens (primary N) is 1. The van der Waals surface area contributed by atoms with Crippen LogP contribution in [0.5, 0.6) is 0 Å². The van der Waals surface area contributed by atoms with Crippen LogP contribution < -0.4 is 11.4 Å². The molecule has 0 radical (unpaired) electrons. The molecule has 1 unspecified atom stereocenters. The van der Waals surface area contributed by atoms with Crippen molar-refractivity contribution in [2.45, 2.75) is 52.6 Å². The summed E-state index contributed by atoms with van der Waals surface area (Å²) in [5.41, 5.74) is 4.93. The van der Waals surface area contributed by atoms with E-state index < -0.39 is 24.1 Å². The number of rotatable bonds is 6. The topological polar surface area (TPSA) is 123 Å². The van der Waals surface area contributed by atoms with E-state index in [2.05, 4.69) is 4.98 Å². The van der Waals surface area contributed by atoms with Crippen LogP contribution in [-0.4, -0.2) is 40.3 Å². The summed E-state index contributed by atoms with van der Waals surface area (Å²) in [6.45, 7) is 6.81. The molecule has 0 spiro atoms. The van der Waals surface area contributed by atoms with Crippen LogP contribution in [-0.2, 0) is 23.8 Å². The van der Waals surface area contributed by atoms with Crippen molar-refractivity contribution in [1.82, 2.24) is 9.55 Å². The first-order valence-electron chi connectivity index (χ1n) is 8.56. The Labute approximate surface area is 151 Å². The molecule has 0 amide bonds. The molecule has 0 saturated carbocycles. The molecule has 26 heavy (non-hydrogen) atoms. The molecule has 0 bridgehead atoms. The highest BCUT2D eigenvalue weighted by Crippen LogP contribution is 2.31. The Bertz CT molecular complexity index is 715. The first-order valence-corrected chi connectivity index (χ1v) is 8.56. The van der Waals surface area contributed by atoms with E-state index >= 15 is 0 Å². The van der Waals surface area contributed by atoms with Gasteiger partial charge in [0.15, 0.2) is 0 Å². The molecule has 9 nitrogen and oxygen atoms in total. The fourth-order valence-corrected chi connectivity index (χ4v) is 2.41. The number of carbonyl (C=O) groups is 2. The lowest BCUT2D eigenvalue weighted by Gasteiger charge is -2.20. The molecule has 3 atom stereocenters. The minimum absolute atomic E-state index is 0.0687. The van der Waals surface area contributed by atoms with E-state index in [1.54, 1.807) is 27.7 Å². The average molecular weight is 367 g/mol. The Balaban J connectivity index is 2.15. The molecule has 1 aliphatic rings. The summed E-state index contributed by atoms with van der Waals surface area (Å²) in [4.78, 5) is 39.4. The Morgan fingerprint density at radius 2 is 1.96 bits per heavy atom. The van der Waals surface area contributed by atoms with Gasteiger partial charge in [0.05, 0.1) is 11.8 Å². The highest BCUT2D eigenvalue weighted by Gasteiger charge is 2.40. The third-order valence-corrected chi connectivity index (χ3v) is 3.94. The van der Waals surface area contributed by atoms with Crippen LogP contribution >= 0.6 is 0 Å². The van der Waals surface area contributed by atoms with Gasteiger partial charge in [-0.05, 0) is 6.07 Å². The molecule has 1 aromatic heterocycles. The lowest BCUT2D eigenvalue weighted by Crippen LogP contribution is -2.33. The number of aromatic nitrogens is 2. The van der Waals surface area contributed by atoms with Crippen molar-refractivity contribution in [2.24, 2.45) is 11.8 Å². The highest BCUT2D eigenvalue weighted by molar-refractivity contribution is 5.72. The molecule has 1 aromatic rings. The van der Waals surface area contributed by atoms with Crippen LogP contribution in [0.3, 0.4) is 0 Å². The second kappa shape index (κ2) is 8.31. The van der Waals surface area contributed by atoms with E-state index in [9.17, 15) is 14.4 Å². The fraction of sp³-hybridized carbons (Fsp3) is 0.647. The molecule has 144 valence electrons. The molecule has 9 heteroatoms. The van der Waals surface area contributed by atoms with Gasteiger partial charge in [-0.15, -0.1) is 0 Å².